The van der Waals surface area contributed by atoms with Gasteiger partial charge >= 0.3 is 0 Å². The van der Waals surface area contributed by atoms with Gasteiger partial charge in [-0.25, -0.2) is 4.90 Å². The number of hydrogen-bond donors (Lipinski definition) is 1. The summed E-state index contributed by atoms with van der Waals surface area (Å²) in [5, 5.41) is 9.59. The minimum Gasteiger partial charge on any atom is -0.508 e. The Bertz CT molecular complexity index is 1200. The number of hydrogen-bond acceptors (Lipinski definition) is 3. The molecule has 2 fully saturated rings. The molecule has 3 aromatic carbocycles. The van der Waals surface area contributed by atoms with Crippen LogP contribution in [0, 0.1) is 23.7 Å². The lowest BCUT2D eigenvalue weighted by Gasteiger charge is -2.21. The number of carbonyl (C=O) groups is 2. The van der Waals surface area contributed by atoms with Crippen LogP contribution in [0.4, 0.5) is 5.69 Å². The molecule has 2 aliphatic carbocycles. The molecule has 156 valence electrons. The van der Waals surface area contributed by atoms with E-state index in [1.54, 1.807) is 12.1 Å². The van der Waals surface area contributed by atoms with E-state index in [9.17, 15) is 14.7 Å². The number of aromatic hydroxyl groups is 1. The molecule has 1 N–H and O–H groups in total. The number of carbonyl (C=O) groups excluding carboxylic acids is 2. The van der Waals surface area contributed by atoms with Gasteiger partial charge in [0.1, 0.15) is 5.75 Å². The maximum Gasteiger partial charge on any atom is 0.238 e. The van der Waals surface area contributed by atoms with Crippen LogP contribution in [0.2, 0.25) is 0 Å². The molecule has 0 aromatic heterocycles. The monoisotopic (exact) mass is 419 g/mol. The molecule has 2 bridgehead atoms. The Kier molecular flexibility index (Phi) is 4.15. The van der Waals surface area contributed by atoms with Crippen molar-refractivity contribution in [1.82, 2.24) is 0 Å². The molecule has 0 spiro atoms. The van der Waals surface area contributed by atoms with Crippen LogP contribution in [0.1, 0.15) is 11.1 Å². The van der Waals surface area contributed by atoms with Crippen LogP contribution in [-0.4, -0.2) is 16.9 Å². The molecule has 6 rings (SSSR count). The second kappa shape index (κ2) is 7.06. The summed E-state index contributed by atoms with van der Waals surface area (Å²) in [6.45, 7) is 0. The predicted molar refractivity (Wildman–Crippen MR) is 123 cm³/mol. The summed E-state index contributed by atoms with van der Waals surface area (Å²) in [5.74, 6) is -1.17. The van der Waals surface area contributed by atoms with Crippen LogP contribution in [0.25, 0.3) is 5.57 Å². The number of benzene rings is 3. The van der Waals surface area contributed by atoms with Crippen molar-refractivity contribution in [1.29, 1.82) is 0 Å². The minimum atomic E-state index is -0.385. The van der Waals surface area contributed by atoms with Crippen LogP contribution < -0.4 is 4.90 Å². The van der Waals surface area contributed by atoms with Crippen molar-refractivity contribution in [3.8, 4) is 5.75 Å². The zero-order valence-electron chi connectivity index (χ0n) is 17.3. The number of rotatable bonds is 3. The number of fused-ring (bicyclic) bond motifs is 5. The molecule has 1 saturated carbocycles. The van der Waals surface area contributed by atoms with Crippen molar-refractivity contribution in [2.75, 3.05) is 4.90 Å². The van der Waals surface area contributed by atoms with Gasteiger partial charge in [0.25, 0.3) is 0 Å². The fraction of sp³-hybridized carbons (Fsp3) is 0.143. The number of nitrogens with zero attached hydrogens (tertiary/aromatic N) is 1. The van der Waals surface area contributed by atoms with E-state index in [1.165, 1.54) is 22.6 Å². The van der Waals surface area contributed by atoms with Crippen molar-refractivity contribution in [2.24, 2.45) is 23.7 Å². The molecule has 4 unspecified atom stereocenters. The zero-order valence-corrected chi connectivity index (χ0v) is 17.3. The Morgan fingerprint density at radius 1 is 0.656 bits per heavy atom. The molecule has 1 heterocycles. The van der Waals surface area contributed by atoms with Crippen molar-refractivity contribution in [3.05, 3.63) is 114 Å². The van der Waals surface area contributed by atoms with Crippen LogP contribution in [0.5, 0.6) is 5.75 Å². The van der Waals surface area contributed by atoms with Gasteiger partial charge in [0.15, 0.2) is 0 Å². The van der Waals surface area contributed by atoms with Gasteiger partial charge in [0.2, 0.25) is 11.8 Å². The minimum absolute atomic E-state index is 0.0982. The lowest BCUT2D eigenvalue weighted by atomic mass is 9.85. The van der Waals surface area contributed by atoms with Crippen LogP contribution in [-0.2, 0) is 9.59 Å². The quantitative estimate of drug-likeness (QED) is 0.489. The molecule has 4 heteroatoms. The van der Waals surface area contributed by atoms with Crippen molar-refractivity contribution in [3.63, 3.8) is 0 Å². The number of amides is 2. The van der Waals surface area contributed by atoms with Crippen LogP contribution in [0.15, 0.2) is 103 Å². The first-order valence-electron chi connectivity index (χ1n) is 10.9. The molecule has 4 atom stereocenters. The number of phenolic OH excluding ortho intramolecular Hbond substituents is 1. The summed E-state index contributed by atoms with van der Waals surface area (Å²) in [6.07, 6.45) is 4.22. The first kappa shape index (κ1) is 18.8. The highest BCUT2D eigenvalue weighted by molar-refractivity contribution is 6.23. The van der Waals surface area contributed by atoms with Gasteiger partial charge in [0, 0.05) is 11.8 Å². The summed E-state index contributed by atoms with van der Waals surface area (Å²) in [7, 11) is 0. The average molecular weight is 419 g/mol. The summed E-state index contributed by atoms with van der Waals surface area (Å²) in [6, 6.07) is 26.7. The number of phenols is 1. The van der Waals surface area contributed by atoms with E-state index < -0.39 is 0 Å². The Morgan fingerprint density at radius 3 is 1.59 bits per heavy atom. The van der Waals surface area contributed by atoms with Crippen LogP contribution >= 0.6 is 0 Å². The largest absolute Gasteiger partial charge is 0.508 e. The molecule has 1 saturated heterocycles. The van der Waals surface area contributed by atoms with Gasteiger partial charge < -0.3 is 5.11 Å². The third-order valence-corrected chi connectivity index (χ3v) is 6.94. The summed E-state index contributed by atoms with van der Waals surface area (Å²) < 4.78 is 0. The molecule has 3 aromatic rings. The third-order valence-electron chi connectivity index (χ3n) is 6.94. The maximum absolute atomic E-state index is 13.5. The summed E-state index contributed by atoms with van der Waals surface area (Å²) in [5.41, 5.74) is 5.01. The standard InChI is InChI=1S/C28H21NO3/c30-20-13-11-19(12-14-20)29-27(31)25-21-15-16-22(26(25)28(29)32)24(21)23(17-7-3-1-4-8-17)18-9-5-2-6-10-18/h1-16,21-22,25-26,30H. The normalized spacial score (nSPS) is 25.5. The van der Waals surface area contributed by atoms with E-state index in [-0.39, 0.29) is 41.2 Å². The van der Waals surface area contributed by atoms with E-state index in [4.69, 9.17) is 0 Å². The smallest absolute Gasteiger partial charge is 0.238 e. The highest BCUT2D eigenvalue weighted by atomic mass is 16.3. The molecular formula is C28H21NO3. The second-order valence-corrected chi connectivity index (χ2v) is 8.58. The lowest BCUT2D eigenvalue weighted by molar-refractivity contribution is -0.122. The molecule has 3 aliphatic rings. The van der Waals surface area contributed by atoms with Gasteiger partial charge in [-0.2, -0.15) is 0 Å². The number of imide groups is 1. The fourth-order valence-electron chi connectivity index (χ4n) is 5.66. The summed E-state index contributed by atoms with van der Waals surface area (Å²) >= 11 is 0. The molecule has 32 heavy (non-hydrogen) atoms. The molecule has 1 aliphatic heterocycles. The topological polar surface area (TPSA) is 57.6 Å². The number of anilines is 1. The Hall–Kier alpha value is -3.92. The molecule has 2 amide bonds. The lowest BCUT2D eigenvalue weighted by Crippen LogP contribution is -2.33. The van der Waals surface area contributed by atoms with E-state index in [0.717, 1.165) is 16.7 Å². The predicted octanol–water partition coefficient (Wildman–Crippen LogP) is 4.82. The molecule has 4 nitrogen and oxygen atoms in total. The molecular weight excluding hydrogens is 398 g/mol. The Morgan fingerprint density at radius 2 is 1.12 bits per heavy atom. The molecule has 0 radical (unpaired) electrons. The van der Waals surface area contributed by atoms with Crippen molar-refractivity contribution < 1.29 is 14.7 Å². The van der Waals surface area contributed by atoms with Gasteiger partial charge in [0.05, 0.1) is 17.5 Å². The first-order valence-corrected chi connectivity index (χ1v) is 10.9. The van der Waals surface area contributed by atoms with Gasteiger partial charge in [-0.3, -0.25) is 9.59 Å². The maximum atomic E-state index is 13.5. The van der Waals surface area contributed by atoms with Gasteiger partial charge in [-0.1, -0.05) is 72.8 Å². The third kappa shape index (κ3) is 2.62. The highest BCUT2D eigenvalue weighted by Gasteiger charge is 2.62. The SMILES string of the molecule is O=C1C2C3C=CC(C3=C(c3ccccc3)c3ccccc3)C2C(=O)N1c1ccc(O)cc1. The Labute approximate surface area is 186 Å². The van der Waals surface area contributed by atoms with Crippen molar-refractivity contribution in [2.45, 2.75) is 0 Å². The van der Waals surface area contributed by atoms with E-state index in [0.29, 0.717) is 5.69 Å². The van der Waals surface area contributed by atoms with Gasteiger partial charge in [-0.15, -0.1) is 0 Å². The fourth-order valence-corrected chi connectivity index (χ4v) is 5.66. The van der Waals surface area contributed by atoms with E-state index >= 15 is 0 Å². The zero-order chi connectivity index (χ0) is 21.8. The summed E-state index contributed by atoms with van der Waals surface area (Å²) in [4.78, 5) is 28.3. The number of allylic oxidation sites excluding steroid dienone is 3. The van der Waals surface area contributed by atoms with E-state index in [1.807, 2.05) is 36.4 Å². The van der Waals surface area contributed by atoms with Crippen molar-refractivity contribution >= 4 is 23.1 Å². The van der Waals surface area contributed by atoms with Crippen LogP contribution in [0.3, 0.4) is 0 Å². The Balaban J connectivity index is 1.48. The first-order chi connectivity index (χ1) is 15.6. The van der Waals surface area contributed by atoms with Gasteiger partial charge in [-0.05, 0) is 46.5 Å². The highest BCUT2D eigenvalue weighted by Crippen LogP contribution is 2.58. The van der Waals surface area contributed by atoms with E-state index in [2.05, 4.69) is 36.4 Å². The average Bonchev–Trinajstić information content (AvgIpc) is 3.46. The second-order valence-electron chi connectivity index (χ2n) is 8.58.